The quantitative estimate of drug-likeness (QED) is 0.567. The Kier molecular flexibility index (Phi) is 8.24. The predicted molar refractivity (Wildman–Crippen MR) is 122 cm³/mol. The molecule has 1 aliphatic carbocycles. The third kappa shape index (κ3) is 5.64. The van der Waals surface area contributed by atoms with Gasteiger partial charge in [0.25, 0.3) is 0 Å². The summed E-state index contributed by atoms with van der Waals surface area (Å²) in [6.07, 6.45) is 0.522. The van der Waals surface area contributed by atoms with Crippen LogP contribution in [0.15, 0.2) is 18.2 Å². The fraction of sp³-hybridized carbons (Fsp3) is 0.500. The van der Waals surface area contributed by atoms with Crippen LogP contribution in [-0.2, 0) is 19.0 Å². The Hall–Kier alpha value is -1.97. The minimum absolute atomic E-state index is 0. The van der Waals surface area contributed by atoms with Crippen molar-refractivity contribution in [2.24, 2.45) is 0 Å². The highest BCUT2D eigenvalue weighted by molar-refractivity contribution is 5.85. The molecule has 0 radical (unpaired) electrons. The zero-order valence-electron chi connectivity index (χ0n) is 17.1. The predicted octanol–water partition coefficient (Wildman–Crippen LogP) is 4.34. The van der Waals surface area contributed by atoms with Crippen LogP contribution in [0.3, 0.4) is 0 Å². The van der Waals surface area contributed by atoms with Gasteiger partial charge >= 0.3 is 6.18 Å². The zero-order chi connectivity index (χ0) is 20.6. The molecular formula is C20H27Cl2F3N6. The molecule has 0 spiro atoms. The number of benzene rings is 1. The van der Waals surface area contributed by atoms with Gasteiger partial charge in [-0.2, -0.15) is 18.2 Å². The first-order chi connectivity index (χ1) is 13.8. The number of nitrogen functional groups attached to an aromatic ring is 1. The van der Waals surface area contributed by atoms with Crippen molar-refractivity contribution in [3.63, 3.8) is 0 Å². The van der Waals surface area contributed by atoms with Crippen molar-refractivity contribution in [1.82, 2.24) is 15.3 Å². The van der Waals surface area contributed by atoms with Crippen molar-refractivity contribution < 1.29 is 13.2 Å². The van der Waals surface area contributed by atoms with Gasteiger partial charge in [0.2, 0.25) is 5.95 Å². The van der Waals surface area contributed by atoms with Gasteiger partial charge in [0.05, 0.1) is 11.3 Å². The molecule has 0 bridgehead atoms. The highest BCUT2D eigenvalue weighted by atomic mass is 35.5. The van der Waals surface area contributed by atoms with Gasteiger partial charge in [-0.05, 0) is 57.4 Å². The van der Waals surface area contributed by atoms with Gasteiger partial charge in [-0.3, -0.25) is 0 Å². The number of piperidine rings is 1. The van der Waals surface area contributed by atoms with Crippen LogP contribution in [-0.4, -0.2) is 36.1 Å². The second kappa shape index (κ2) is 10.1. The van der Waals surface area contributed by atoms with Gasteiger partial charge < -0.3 is 21.3 Å². The van der Waals surface area contributed by atoms with Crippen molar-refractivity contribution >= 4 is 48.0 Å². The van der Waals surface area contributed by atoms with Crippen molar-refractivity contribution in [3.8, 4) is 0 Å². The van der Waals surface area contributed by atoms with Gasteiger partial charge in [0.15, 0.2) is 0 Å². The lowest BCUT2D eigenvalue weighted by molar-refractivity contribution is -0.137. The molecule has 1 atom stereocenters. The van der Waals surface area contributed by atoms with E-state index in [1.54, 1.807) is 0 Å². The molecule has 2 aromatic rings. The molecule has 2 heterocycles. The minimum atomic E-state index is -4.47. The first kappa shape index (κ1) is 25.3. The topological polar surface area (TPSA) is 79.1 Å². The lowest BCUT2D eigenvalue weighted by atomic mass is 10.1. The summed E-state index contributed by atoms with van der Waals surface area (Å²) in [4.78, 5) is 11.6. The smallest absolute Gasteiger partial charge is 0.399 e. The van der Waals surface area contributed by atoms with E-state index in [0.29, 0.717) is 12.0 Å². The summed E-state index contributed by atoms with van der Waals surface area (Å²) in [5, 5.41) is 6.28. The number of nitrogens with zero attached hydrogens (tertiary/aromatic N) is 3. The Balaban J connectivity index is 0.00000171. The Bertz CT molecular complexity index is 909. The number of anilines is 4. The fourth-order valence-electron chi connectivity index (χ4n) is 4.15. The van der Waals surface area contributed by atoms with Crippen LogP contribution < -0.4 is 21.3 Å². The summed E-state index contributed by atoms with van der Waals surface area (Å²) in [5.74, 6) is 1.21. The lowest BCUT2D eigenvalue weighted by Crippen LogP contribution is -2.45. The van der Waals surface area contributed by atoms with Gasteiger partial charge in [-0.15, -0.1) is 24.8 Å². The van der Waals surface area contributed by atoms with E-state index in [2.05, 4.69) is 20.5 Å². The van der Waals surface area contributed by atoms with Gasteiger partial charge in [-0.1, -0.05) is 0 Å². The first-order valence-corrected chi connectivity index (χ1v) is 9.90. The number of hydrogen-bond donors (Lipinski definition) is 3. The van der Waals surface area contributed by atoms with Crippen LogP contribution in [0.4, 0.5) is 36.3 Å². The van der Waals surface area contributed by atoms with Crippen LogP contribution in [0.1, 0.15) is 36.1 Å². The van der Waals surface area contributed by atoms with Crippen molar-refractivity contribution in [2.75, 3.05) is 36.1 Å². The minimum Gasteiger partial charge on any atom is -0.399 e. The molecule has 1 aromatic heterocycles. The zero-order valence-corrected chi connectivity index (χ0v) is 18.8. The summed E-state index contributed by atoms with van der Waals surface area (Å²) in [7, 11) is 1.96. The highest BCUT2D eigenvalue weighted by Crippen LogP contribution is 2.35. The standard InChI is InChI=1S/C20H25F3N6.2ClH/c1-25-14-4-3-7-29(11-14)18-16-5-2-6-17(16)27-19(28-18)26-15-9-12(20(21,22)23)8-13(24)10-15;;/h8-10,14,25H,2-7,11,24H2,1H3,(H,26,27,28);2*1H/t14-;;/m1../s1. The van der Waals surface area contributed by atoms with Crippen molar-refractivity contribution in [3.05, 3.63) is 35.0 Å². The SMILES string of the molecule is CN[C@@H]1CCCN(c2nc(Nc3cc(N)cc(C(F)(F)F)c3)nc3c2CCC3)C1.Cl.Cl. The maximum absolute atomic E-state index is 13.1. The molecule has 1 saturated heterocycles. The number of nitrogens with two attached hydrogens (primary N) is 1. The number of likely N-dealkylation sites (N-methyl/N-ethyl adjacent to an activating group) is 1. The molecule has 0 amide bonds. The van der Waals surface area contributed by atoms with E-state index in [0.717, 1.165) is 74.4 Å². The molecule has 0 saturated carbocycles. The molecule has 172 valence electrons. The van der Waals surface area contributed by atoms with Crippen molar-refractivity contribution in [2.45, 2.75) is 44.3 Å². The summed E-state index contributed by atoms with van der Waals surface area (Å²) in [5.41, 5.74) is 7.29. The highest BCUT2D eigenvalue weighted by Gasteiger charge is 2.31. The van der Waals surface area contributed by atoms with Gasteiger partial charge in [0, 0.05) is 36.1 Å². The maximum atomic E-state index is 13.1. The van der Waals surface area contributed by atoms with E-state index in [-0.39, 0.29) is 36.2 Å². The molecule has 1 aromatic carbocycles. The van der Waals surface area contributed by atoms with Crippen LogP contribution in [0, 0.1) is 0 Å². The molecule has 31 heavy (non-hydrogen) atoms. The van der Waals surface area contributed by atoms with Crippen LogP contribution in [0.5, 0.6) is 0 Å². The van der Waals surface area contributed by atoms with Crippen LogP contribution in [0.2, 0.25) is 0 Å². The lowest BCUT2D eigenvalue weighted by Gasteiger charge is -2.34. The van der Waals surface area contributed by atoms with E-state index in [1.165, 1.54) is 6.07 Å². The molecule has 6 nitrogen and oxygen atoms in total. The average molecular weight is 479 g/mol. The number of halogens is 5. The van der Waals surface area contributed by atoms with Gasteiger partial charge in [-0.25, -0.2) is 4.98 Å². The Morgan fingerprint density at radius 2 is 1.87 bits per heavy atom. The largest absolute Gasteiger partial charge is 0.416 e. The second-order valence-electron chi connectivity index (χ2n) is 7.69. The Morgan fingerprint density at radius 1 is 1.10 bits per heavy atom. The summed E-state index contributed by atoms with van der Waals surface area (Å²) in [6.45, 7) is 1.77. The third-order valence-electron chi connectivity index (χ3n) is 5.58. The Labute approximate surface area is 192 Å². The average Bonchev–Trinajstić information content (AvgIpc) is 3.15. The molecule has 11 heteroatoms. The van der Waals surface area contributed by atoms with E-state index in [4.69, 9.17) is 10.7 Å². The summed E-state index contributed by atoms with van der Waals surface area (Å²) < 4.78 is 39.3. The fourth-order valence-corrected chi connectivity index (χ4v) is 4.15. The molecular weight excluding hydrogens is 452 g/mol. The first-order valence-electron chi connectivity index (χ1n) is 9.90. The maximum Gasteiger partial charge on any atom is 0.416 e. The molecule has 1 fully saturated rings. The molecule has 4 N–H and O–H groups in total. The third-order valence-corrected chi connectivity index (χ3v) is 5.58. The summed E-state index contributed by atoms with van der Waals surface area (Å²) >= 11 is 0. The number of rotatable bonds is 4. The van der Waals surface area contributed by atoms with Crippen LogP contribution >= 0.6 is 24.8 Å². The number of aryl methyl sites for hydroxylation is 1. The van der Waals surface area contributed by atoms with E-state index < -0.39 is 11.7 Å². The van der Waals surface area contributed by atoms with Crippen molar-refractivity contribution in [1.29, 1.82) is 0 Å². The number of nitrogens with one attached hydrogen (secondary N) is 2. The molecule has 0 unspecified atom stereocenters. The second-order valence-corrected chi connectivity index (χ2v) is 7.69. The van der Waals surface area contributed by atoms with Crippen LogP contribution in [0.25, 0.3) is 0 Å². The number of aromatic nitrogens is 2. The van der Waals surface area contributed by atoms with E-state index in [1.807, 2.05) is 7.05 Å². The Morgan fingerprint density at radius 3 is 2.58 bits per heavy atom. The van der Waals surface area contributed by atoms with Gasteiger partial charge in [0.1, 0.15) is 5.82 Å². The number of hydrogen-bond acceptors (Lipinski definition) is 6. The summed E-state index contributed by atoms with van der Waals surface area (Å²) in [6, 6.07) is 3.81. The van der Waals surface area contributed by atoms with E-state index in [9.17, 15) is 13.2 Å². The molecule has 4 rings (SSSR count). The normalized spacial score (nSPS) is 18.1. The monoisotopic (exact) mass is 478 g/mol. The number of fused-ring (bicyclic) bond motifs is 1. The van der Waals surface area contributed by atoms with E-state index >= 15 is 0 Å². The molecule has 2 aliphatic rings. The molecule has 1 aliphatic heterocycles. The number of alkyl halides is 3.